The number of ether oxygens (including phenoxy) is 3. The molecule has 0 radical (unpaired) electrons. The summed E-state index contributed by atoms with van der Waals surface area (Å²) in [6.45, 7) is 6.67. The van der Waals surface area contributed by atoms with Gasteiger partial charge in [-0.3, -0.25) is 14.4 Å². The summed E-state index contributed by atoms with van der Waals surface area (Å²) < 4.78 is 16.9. The standard InChI is InChI=1S/C74H140O6/c1-4-7-10-13-16-18-20-22-24-26-28-30-31-32-33-34-35-36-37-38-39-40-41-42-43-44-46-47-49-51-53-55-58-61-64-67-73(76)79-70-71(69-78-72(75)66-63-60-57-15-12-9-6-3)80-74(77)68-65-62-59-56-54-52-50-48-45-29-27-25-23-21-19-17-14-11-8-5-2/h20,22,26,28,71H,4-19,21,23-25,27,29-70H2,1-3H3/b22-20-,28-26-. The summed E-state index contributed by atoms with van der Waals surface area (Å²) in [7, 11) is 0. The van der Waals surface area contributed by atoms with E-state index in [1.165, 1.54) is 308 Å². The lowest BCUT2D eigenvalue weighted by Gasteiger charge is -2.18. The van der Waals surface area contributed by atoms with Crippen LogP contribution in [0.15, 0.2) is 24.3 Å². The summed E-state index contributed by atoms with van der Waals surface area (Å²) in [5, 5.41) is 0. The molecule has 0 amide bonds. The van der Waals surface area contributed by atoms with Crippen LogP contribution in [0.3, 0.4) is 0 Å². The number of hydrogen-bond donors (Lipinski definition) is 0. The van der Waals surface area contributed by atoms with E-state index in [1.54, 1.807) is 0 Å². The van der Waals surface area contributed by atoms with Crippen LogP contribution in [0.5, 0.6) is 0 Å². The molecule has 1 unspecified atom stereocenters. The van der Waals surface area contributed by atoms with Gasteiger partial charge in [0.1, 0.15) is 13.2 Å². The minimum atomic E-state index is -0.764. The molecule has 0 aromatic rings. The number of allylic oxidation sites excluding steroid dienone is 4. The third kappa shape index (κ3) is 66.7. The minimum absolute atomic E-state index is 0.0634. The lowest BCUT2D eigenvalue weighted by atomic mass is 10.0. The summed E-state index contributed by atoms with van der Waals surface area (Å²) in [5.74, 6) is -0.839. The van der Waals surface area contributed by atoms with Gasteiger partial charge in [0.05, 0.1) is 0 Å². The molecule has 80 heavy (non-hydrogen) atoms. The average Bonchev–Trinajstić information content (AvgIpc) is 3.46. The van der Waals surface area contributed by atoms with Gasteiger partial charge in [0.25, 0.3) is 0 Å². The van der Waals surface area contributed by atoms with Gasteiger partial charge < -0.3 is 14.2 Å². The largest absolute Gasteiger partial charge is 0.462 e. The molecule has 1 atom stereocenters. The maximum atomic E-state index is 12.9. The van der Waals surface area contributed by atoms with Crippen molar-refractivity contribution in [3.05, 3.63) is 24.3 Å². The Morgan fingerprint density at radius 1 is 0.250 bits per heavy atom. The first-order chi connectivity index (χ1) is 39.5. The van der Waals surface area contributed by atoms with Crippen LogP contribution in [-0.4, -0.2) is 37.2 Å². The van der Waals surface area contributed by atoms with Gasteiger partial charge in [0, 0.05) is 19.3 Å². The summed E-state index contributed by atoms with van der Waals surface area (Å²) in [5.41, 5.74) is 0. The van der Waals surface area contributed by atoms with Crippen LogP contribution in [0, 0.1) is 0 Å². The second-order valence-electron chi connectivity index (χ2n) is 24.9. The molecular formula is C74H140O6. The Morgan fingerprint density at radius 3 is 0.688 bits per heavy atom. The number of carbonyl (C=O) groups is 3. The molecule has 0 aromatic carbocycles. The molecule has 0 aliphatic heterocycles. The molecule has 0 heterocycles. The lowest BCUT2D eigenvalue weighted by Crippen LogP contribution is -2.30. The van der Waals surface area contributed by atoms with E-state index < -0.39 is 6.10 Å². The van der Waals surface area contributed by atoms with Gasteiger partial charge >= 0.3 is 17.9 Å². The highest BCUT2D eigenvalue weighted by atomic mass is 16.6. The van der Waals surface area contributed by atoms with E-state index in [2.05, 4.69) is 45.1 Å². The molecule has 0 saturated heterocycles. The molecule has 0 rings (SSSR count). The predicted octanol–water partition coefficient (Wildman–Crippen LogP) is 25.0. The SMILES string of the molecule is CCCCCCC/C=C\C/C=C\CCCCCCCCCCCCCCCCCCCCCCCCCC(=O)OCC(COC(=O)CCCCCCCCC)OC(=O)CCCCCCCCCCCCCCCCCCCCCC. The van der Waals surface area contributed by atoms with Gasteiger partial charge in [-0.25, -0.2) is 0 Å². The monoisotopic (exact) mass is 1130 g/mol. The maximum Gasteiger partial charge on any atom is 0.306 e. The van der Waals surface area contributed by atoms with E-state index in [1.807, 2.05) is 0 Å². The van der Waals surface area contributed by atoms with Gasteiger partial charge in [-0.15, -0.1) is 0 Å². The fourth-order valence-electron chi connectivity index (χ4n) is 11.2. The Morgan fingerprint density at radius 2 is 0.450 bits per heavy atom. The number of esters is 3. The van der Waals surface area contributed by atoms with Crippen molar-refractivity contribution in [1.82, 2.24) is 0 Å². The topological polar surface area (TPSA) is 78.9 Å². The van der Waals surface area contributed by atoms with E-state index in [-0.39, 0.29) is 31.1 Å². The Hall–Kier alpha value is -2.11. The Bertz CT molecular complexity index is 1290. The normalized spacial score (nSPS) is 12.1. The molecular weight excluding hydrogens is 985 g/mol. The highest BCUT2D eigenvalue weighted by Crippen LogP contribution is 2.19. The third-order valence-corrected chi connectivity index (χ3v) is 16.7. The van der Waals surface area contributed by atoms with Crippen LogP contribution in [0.1, 0.15) is 412 Å². The van der Waals surface area contributed by atoms with Gasteiger partial charge in [-0.1, -0.05) is 366 Å². The van der Waals surface area contributed by atoms with E-state index >= 15 is 0 Å². The number of unbranched alkanes of at least 4 members (excludes halogenated alkanes) is 53. The first-order valence-electron chi connectivity index (χ1n) is 36.3. The quantitative estimate of drug-likeness (QED) is 0.0261. The smallest absolute Gasteiger partial charge is 0.306 e. The van der Waals surface area contributed by atoms with E-state index in [9.17, 15) is 14.4 Å². The number of hydrogen-bond acceptors (Lipinski definition) is 6. The van der Waals surface area contributed by atoms with Crippen LogP contribution in [-0.2, 0) is 28.6 Å². The second kappa shape index (κ2) is 69.4. The van der Waals surface area contributed by atoms with Crippen LogP contribution >= 0.6 is 0 Å². The predicted molar refractivity (Wildman–Crippen MR) is 349 cm³/mol. The summed E-state index contributed by atoms with van der Waals surface area (Å²) >= 11 is 0. The second-order valence-corrected chi connectivity index (χ2v) is 24.9. The van der Waals surface area contributed by atoms with Crippen molar-refractivity contribution in [2.24, 2.45) is 0 Å². The van der Waals surface area contributed by atoms with Crippen LogP contribution in [0.2, 0.25) is 0 Å². The van der Waals surface area contributed by atoms with Crippen molar-refractivity contribution in [2.45, 2.75) is 419 Å². The van der Waals surface area contributed by atoms with E-state index in [0.29, 0.717) is 19.3 Å². The fourth-order valence-corrected chi connectivity index (χ4v) is 11.2. The number of carbonyl (C=O) groups excluding carboxylic acids is 3. The van der Waals surface area contributed by atoms with Crippen molar-refractivity contribution in [3.63, 3.8) is 0 Å². The minimum Gasteiger partial charge on any atom is -0.462 e. The van der Waals surface area contributed by atoms with Crippen molar-refractivity contribution in [1.29, 1.82) is 0 Å². The molecule has 6 heteroatoms. The Balaban J connectivity index is 3.92. The molecule has 0 spiro atoms. The van der Waals surface area contributed by atoms with Crippen molar-refractivity contribution in [3.8, 4) is 0 Å². The molecule has 0 saturated carbocycles. The highest BCUT2D eigenvalue weighted by Gasteiger charge is 2.19. The maximum absolute atomic E-state index is 12.9. The third-order valence-electron chi connectivity index (χ3n) is 16.7. The molecule has 0 aliphatic carbocycles. The zero-order valence-electron chi connectivity index (χ0n) is 54.4. The van der Waals surface area contributed by atoms with Crippen LogP contribution < -0.4 is 0 Å². The fraction of sp³-hybridized carbons (Fsp3) is 0.905. The highest BCUT2D eigenvalue weighted by molar-refractivity contribution is 5.71. The van der Waals surface area contributed by atoms with Gasteiger partial charge in [0.15, 0.2) is 6.10 Å². The summed E-state index contributed by atoms with van der Waals surface area (Å²) in [4.78, 5) is 38.2. The van der Waals surface area contributed by atoms with Crippen LogP contribution in [0.4, 0.5) is 0 Å². The zero-order chi connectivity index (χ0) is 57.8. The Labute approximate surface area is 500 Å². The summed E-state index contributed by atoms with van der Waals surface area (Å²) in [6.07, 6.45) is 85.5. The van der Waals surface area contributed by atoms with Gasteiger partial charge in [0.2, 0.25) is 0 Å². The first-order valence-corrected chi connectivity index (χ1v) is 36.3. The molecule has 0 fully saturated rings. The van der Waals surface area contributed by atoms with Gasteiger partial charge in [-0.05, 0) is 51.4 Å². The lowest BCUT2D eigenvalue weighted by molar-refractivity contribution is -0.167. The molecule has 0 N–H and O–H groups in total. The molecule has 6 nitrogen and oxygen atoms in total. The van der Waals surface area contributed by atoms with E-state index in [0.717, 1.165) is 64.2 Å². The molecule has 0 aliphatic rings. The molecule has 0 bridgehead atoms. The van der Waals surface area contributed by atoms with Crippen LogP contribution in [0.25, 0.3) is 0 Å². The van der Waals surface area contributed by atoms with Crippen molar-refractivity contribution in [2.75, 3.05) is 13.2 Å². The van der Waals surface area contributed by atoms with Gasteiger partial charge in [-0.2, -0.15) is 0 Å². The summed E-state index contributed by atoms with van der Waals surface area (Å²) in [6, 6.07) is 0. The first kappa shape index (κ1) is 77.9. The van der Waals surface area contributed by atoms with E-state index in [4.69, 9.17) is 14.2 Å². The number of rotatable bonds is 68. The Kier molecular flexibility index (Phi) is 67.6. The zero-order valence-corrected chi connectivity index (χ0v) is 54.4. The van der Waals surface area contributed by atoms with Crippen molar-refractivity contribution >= 4 is 17.9 Å². The molecule has 472 valence electrons. The average molecular weight is 1130 g/mol. The molecule has 0 aromatic heterocycles. The van der Waals surface area contributed by atoms with Crippen molar-refractivity contribution < 1.29 is 28.6 Å².